The van der Waals surface area contributed by atoms with Crippen LogP contribution in [0.15, 0.2) is 42.5 Å². The summed E-state index contributed by atoms with van der Waals surface area (Å²) in [4.78, 5) is 11.9. The van der Waals surface area contributed by atoms with E-state index in [2.05, 4.69) is 48.7 Å². The normalized spacial score (nSPS) is 12.4. The average Bonchev–Trinajstić information content (AvgIpc) is 2.44. The van der Waals surface area contributed by atoms with Crippen molar-refractivity contribution >= 4 is 22.4 Å². The molecule has 2 N–H and O–H groups in total. The van der Waals surface area contributed by atoms with Crippen molar-refractivity contribution in [1.29, 1.82) is 0 Å². The van der Waals surface area contributed by atoms with Crippen molar-refractivity contribution in [3.63, 3.8) is 0 Å². The van der Waals surface area contributed by atoms with E-state index in [4.69, 9.17) is 0 Å². The molecule has 0 aliphatic heterocycles. The van der Waals surface area contributed by atoms with Gasteiger partial charge >= 0.3 is 0 Å². The largest absolute Gasteiger partial charge is 0.374 e. The Morgan fingerprint density at radius 1 is 1.05 bits per heavy atom. The molecular weight excluding hydrogens is 248 g/mol. The maximum absolute atomic E-state index is 11.9. The maximum Gasteiger partial charge on any atom is 0.242 e. The molecule has 20 heavy (non-hydrogen) atoms. The SMILES string of the molecule is CC(C)CNC(=O)C(C)Nc1ccc2ccccc2c1. The third-order valence-corrected chi connectivity index (χ3v) is 3.21. The number of fused-ring (bicyclic) bond motifs is 1. The van der Waals surface area contributed by atoms with Crippen LogP contribution < -0.4 is 10.6 Å². The summed E-state index contributed by atoms with van der Waals surface area (Å²) in [6.45, 7) is 6.76. The van der Waals surface area contributed by atoms with Crippen LogP contribution in [0.1, 0.15) is 20.8 Å². The molecular formula is C17H22N2O. The van der Waals surface area contributed by atoms with Gasteiger partial charge in [-0.2, -0.15) is 0 Å². The molecule has 0 aromatic heterocycles. The summed E-state index contributed by atoms with van der Waals surface area (Å²) in [7, 11) is 0. The summed E-state index contributed by atoms with van der Waals surface area (Å²) >= 11 is 0. The van der Waals surface area contributed by atoms with Crippen LogP contribution in [0.25, 0.3) is 10.8 Å². The highest BCUT2D eigenvalue weighted by atomic mass is 16.2. The fourth-order valence-corrected chi connectivity index (χ4v) is 2.05. The maximum atomic E-state index is 11.9. The highest BCUT2D eigenvalue weighted by Gasteiger charge is 2.12. The molecule has 0 radical (unpaired) electrons. The first-order valence-corrected chi connectivity index (χ1v) is 7.09. The fourth-order valence-electron chi connectivity index (χ4n) is 2.05. The minimum Gasteiger partial charge on any atom is -0.374 e. The summed E-state index contributed by atoms with van der Waals surface area (Å²) in [6.07, 6.45) is 0. The molecule has 2 rings (SSSR count). The van der Waals surface area contributed by atoms with E-state index in [-0.39, 0.29) is 11.9 Å². The number of carbonyl (C=O) groups excluding carboxylic acids is 1. The van der Waals surface area contributed by atoms with Gasteiger partial charge in [-0.05, 0) is 35.7 Å². The monoisotopic (exact) mass is 270 g/mol. The first kappa shape index (κ1) is 14.4. The summed E-state index contributed by atoms with van der Waals surface area (Å²) in [5, 5.41) is 8.56. The quantitative estimate of drug-likeness (QED) is 0.874. The van der Waals surface area contributed by atoms with Gasteiger partial charge in [0.15, 0.2) is 0 Å². The fraction of sp³-hybridized carbons (Fsp3) is 0.353. The molecule has 3 nitrogen and oxygen atoms in total. The summed E-state index contributed by atoms with van der Waals surface area (Å²) < 4.78 is 0. The van der Waals surface area contributed by atoms with E-state index in [1.807, 2.05) is 25.1 Å². The van der Waals surface area contributed by atoms with Crippen molar-refractivity contribution in [2.24, 2.45) is 5.92 Å². The van der Waals surface area contributed by atoms with Gasteiger partial charge in [0.1, 0.15) is 6.04 Å². The number of hydrogen-bond acceptors (Lipinski definition) is 2. The van der Waals surface area contributed by atoms with Crippen LogP contribution >= 0.6 is 0 Å². The van der Waals surface area contributed by atoms with E-state index in [9.17, 15) is 4.79 Å². The van der Waals surface area contributed by atoms with Gasteiger partial charge in [0.2, 0.25) is 5.91 Å². The minimum atomic E-state index is -0.241. The minimum absolute atomic E-state index is 0.0341. The summed E-state index contributed by atoms with van der Waals surface area (Å²) in [6, 6.07) is 14.1. The Hall–Kier alpha value is -2.03. The van der Waals surface area contributed by atoms with Crippen LogP contribution in [-0.4, -0.2) is 18.5 Å². The van der Waals surface area contributed by atoms with Gasteiger partial charge in [-0.1, -0.05) is 44.2 Å². The smallest absolute Gasteiger partial charge is 0.242 e. The second-order valence-electron chi connectivity index (χ2n) is 5.57. The summed E-state index contributed by atoms with van der Waals surface area (Å²) in [5.41, 5.74) is 0.968. The van der Waals surface area contributed by atoms with E-state index in [0.717, 1.165) is 5.69 Å². The second kappa shape index (κ2) is 6.42. The van der Waals surface area contributed by atoms with Gasteiger partial charge < -0.3 is 10.6 Å². The van der Waals surface area contributed by atoms with Gasteiger partial charge in [-0.3, -0.25) is 4.79 Å². The van der Waals surface area contributed by atoms with Crippen molar-refractivity contribution in [3.05, 3.63) is 42.5 Å². The average molecular weight is 270 g/mol. The third-order valence-electron chi connectivity index (χ3n) is 3.21. The molecule has 0 spiro atoms. The molecule has 106 valence electrons. The lowest BCUT2D eigenvalue weighted by Gasteiger charge is -2.16. The van der Waals surface area contributed by atoms with E-state index in [0.29, 0.717) is 12.5 Å². The molecule has 0 saturated heterocycles. The number of anilines is 1. The standard InChI is InChI=1S/C17H22N2O/c1-12(2)11-18-17(20)13(3)19-16-9-8-14-6-4-5-7-15(14)10-16/h4-10,12-13,19H,11H2,1-3H3,(H,18,20). The highest BCUT2D eigenvalue weighted by molar-refractivity contribution is 5.88. The second-order valence-corrected chi connectivity index (χ2v) is 5.57. The molecule has 3 heteroatoms. The van der Waals surface area contributed by atoms with Crippen molar-refractivity contribution < 1.29 is 4.79 Å². The zero-order valence-electron chi connectivity index (χ0n) is 12.3. The Bertz CT molecular complexity index is 592. The molecule has 0 aliphatic rings. The molecule has 2 aromatic rings. The Morgan fingerprint density at radius 2 is 1.75 bits per heavy atom. The van der Waals surface area contributed by atoms with Crippen molar-refractivity contribution in [3.8, 4) is 0 Å². The van der Waals surface area contributed by atoms with Crippen molar-refractivity contribution in [2.45, 2.75) is 26.8 Å². The first-order valence-electron chi connectivity index (χ1n) is 7.09. The van der Waals surface area contributed by atoms with Gasteiger partial charge in [0, 0.05) is 12.2 Å². The number of carbonyl (C=O) groups is 1. The lowest BCUT2D eigenvalue weighted by molar-refractivity contribution is -0.121. The molecule has 0 saturated carbocycles. The third kappa shape index (κ3) is 3.73. The van der Waals surface area contributed by atoms with E-state index < -0.39 is 0 Å². The first-order chi connectivity index (χ1) is 9.56. The van der Waals surface area contributed by atoms with Crippen LogP contribution in [0, 0.1) is 5.92 Å². The molecule has 1 unspecified atom stereocenters. The van der Waals surface area contributed by atoms with Crippen LogP contribution in [0.3, 0.4) is 0 Å². The topological polar surface area (TPSA) is 41.1 Å². The Morgan fingerprint density at radius 3 is 2.45 bits per heavy atom. The molecule has 0 fully saturated rings. The number of nitrogens with one attached hydrogen (secondary N) is 2. The predicted octanol–water partition coefficient (Wildman–Crippen LogP) is 3.41. The van der Waals surface area contributed by atoms with Gasteiger partial charge in [-0.15, -0.1) is 0 Å². The van der Waals surface area contributed by atoms with Crippen LogP contribution in [0.4, 0.5) is 5.69 Å². The van der Waals surface area contributed by atoms with Crippen molar-refractivity contribution in [2.75, 3.05) is 11.9 Å². The number of amides is 1. The molecule has 1 atom stereocenters. The number of hydrogen-bond donors (Lipinski definition) is 2. The lowest BCUT2D eigenvalue weighted by Crippen LogP contribution is -2.39. The molecule has 0 bridgehead atoms. The molecule has 0 aliphatic carbocycles. The Labute approximate surface area is 120 Å². The lowest BCUT2D eigenvalue weighted by atomic mass is 10.1. The predicted molar refractivity (Wildman–Crippen MR) is 84.9 cm³/mol. The highest BCUT2D eigenvalue weighted by Crippen LogP contribution is 2.19. The van der Waals surface area contributed by atoms with Crippen LogP contribution in [-0.2, 0) is 4.79 Å². The van der Waals surface area contributed by atoms with E-state index >= 15 is 0 Å². The van der Waals surface area contributed by atoms with Gasteiger partial charge in [-0.25, -0.2) is 0 Å². The summed E-state index contributed by atoms with van der Waals surface area (Å²) in [5.74, 6) is 0.499. The Kier molecular flexibility index (Phi) is 4.61. The molecule has 1 amide bonds. The van der Waals surface area contributed by atoms with Gasteiger partial charge in [0.05, 0.1) is 0 Å². The van der Waals surface area contributed by atoms with E-state index in [1.54, 1.807) is 0 Å². The number of benzene rings is 2. The zero-order valence-corrected chi connectivity index (χ0v) is 12.3. The van der Waals surface area contributed by atoms with E-state index in [1.165, 1.54) is 10.8 Å². The molecule has 2 aromatic carbocycles. The number of rotatable bonds is 5. The zero-order chi connectivity index (χ0) is 14.5. The van der Waals surface area contributed by atoms with Gasteiger partial charge in [0.25, 0.3) is 0 Å². The van der Waals surface area contributed by atoms with Crippen molar-refractivity contribution in [1.82, 2.24) is 5.32 Å². The Balaban J connectivity index is 2.02. The van der Waals surface area contributed by atoms with Crippen LogP contribution in [0.2, 0.25) is 0 Å². The molecule has 0 heterocycles. The van der Waals surface area contributed by atoms with Crippen LogP contribution in [0.5, 0.6) is 0 Å².